The number of ether oxygens (including phenoxy) is 2. The molecule has 0 unspecified atom stereocenters. The Morgan fingerprint density at radius 2 is 2.10 bits per heavy atom. The number of hydrogen-bond acceptors (Lipinski definition) is 4. The molecule has 20 heavy (non-hydrogen) atoms. The quantitative estimate of drug-likeness (QED) is 0.850. The van der Waals surface area contributed by atoms with Gasteiger partial charge in [-0.2, -0.15) is 5.10 Å². The van der Waals surface area contributed by atoms with Gasteiger partial charge < -0.3 is 9.47 Å². The molecule has 0 spiro atoms. The van der Waals surface area contributed by atoms with Gasteiger partial charge in [-0.15, -0.1) is 0 Å². The van der Waals surface area contributed by atoms with Crippen molar-refractivity contribution in [3.63, 3.8) is 0 Å². The average molecular weight is 272 g/mol. The van der Waals surface area contributed by atoms with Crippen molar-refractivity contribution in [2.75, 3.05) is 6.61 Å². The van der Waals surface area contributed by atoms with Crippen molar-refractivity contribution in [1.29, 1.82) is 0 Å². The Morgan fingerprint density at radius 1 is 1.35 bits per heavy atom. The van der Waals surface area contributed by atoms with Crippen LogP contribution in [0.4, 0.5) is 0 Å². The molecule has 0 amide bonds. The molecule has 0 aliphatic heterocycles. The first-order chi connectivity index (χ1) is 9.76. The summed E-state index contributed by atoms with van der Waals surface area (Å²) >= 11 is 0. The fraction of sp³-hybridized carbons (Fsp3) is 0.333. The third-order valence-corrected chi connectivity index (χ3v) is 3.05. The van der Waals surface area contributed by atoms with E-state index in [2.05, 4.69) is 10.2 Å². The van der Waals surface area contributed by atoms with Crippen molar-refractivity contribution in [3.05, 3.63) is 36.0 Å². The Balaban J connectivity index is 1.73. The van der Waals surface area contributed by atoms with Gasteiger partial charge in [0.2, 0.25) is 0 Å². The molecule has 0 saturated heterocycles. The van der Waals surface area contributed by atoms with Gasteiger partial charge in [-0.1, -0.05) is 0 Å². The van der Waals surface area contributed by atoms with E-state index in [9.17, 15) is 4.79 Å². The lowest BCUT2D eigenvalue weighted by Crippen LogP contribution is -2.04. The second kappa shape index (κ2) is 5.36. The zero-order chi connectivity index (χ0) is 13.9. The molecule has 1 N–H and O–H groups in total. The highest BCUT2D eigenvalue weighted by atomic mass is 16.5. The number of aromatic amines is 1. The summed E-state index contributed by atoms with van der Waals surface area (Å²) in [6.07, 6.45) is 2.68. The normalized spacial score (nSPS) is 14.1. The number of carbonyl (C=O) groups is 1. The molecule has 2 aromatic rings. The Bertz CT molecular complexity index is 600. The number of rotatable bonds is 5. The van der Waals surface area contributed by atoms with Gasteiger partial charge in [0.1, 0.15) is 11.4 Å². The summed E-state index contributed by atoms with van der Waals surface area (Å²) in [7, 11) is 0. The maximum atomic E-state index is 11.6. The maximum Gasteiger partial charge on any atom is 0.356 e. The predicted octanol–water partition coefficient (Wildman–Crippen LogP) is 2.79. The van der Waals surface area contributed by atoms with Crippen molar-refractivity contribution < 1.29 is 14.3 Å². The van der Waals surface area contributed by atoms with Crippen LogP contribution in [0.3, 0.4) is 0 Å². The van der Waals surface area contributed by atoms with E-state index in [0.29, 0.717) is 24.1 Å². The van der Waals surface area contributed by atoms with Crippen molar-refractivity contribution >= 4 is 5.97 Å². The number of aromatic nitrogens is 2. The maximum absolute atomic E-state index is 11.6. The Morgan fingerprint density at radius 3 is 2.75 bits per heavy atom. The molecule has 3 rings (SSSR count). The Labute approximate surface area is 116 Å². The van der Waals surface area contributed by atoms with Gasteiger partial charge in [-0.05, 0) is 50.1 Å². The first-order valence-electron chi connectivity index (χ1n) is 6.76. The van der Waals surface area contributed by atoms with E-state index in [1.165, 1.54) is 0 Å². The Kier molecular flexibility index (Phi) is 3.41. The molecule has 1 aliphatic rings. The lowest BCUT2D eigenvalue weighted by atomic mass is 10.1. The molecule has 5 nitrogen and oxygen atoms in total. The summed E-state index contributed by atoms with van der Waals surface area (Å²) in [5, 5.41) is 6.82. The topological polar surface area (TPSA) is 64.2 Å². The number of H-pyrrole nitrogens is 1. The fourth-order valence-corrected chi connectivity index (χ4v) is 1.87. The number of hydrogen-bond donors (Lipinski definition) is 1. The summed E-state index contributed by atoms with van der Waals surface area (Å²) in [5.74, 6) is 0.484. The van der Waals surface area contributed by atoms with E-state index >= 15 is 0 Å². The number of nitrogens with one attached hydrogen (secondary N) is 1. The molecule has 1 aromatic carbocycles. The van der Waals surface area contributed by atoms with E-state index in [1.54, 1.807) is 13.0 Å². The van der Waals surface area contributed by atoms with Crippen molar-refractivity contribution in [3.8, 4) is 17.0 Å². The average Bonchev–Trinajstić information content (AvgIpc) is 3.13. The van der Waals surface area contributed by atoms with Crippen LogP contribution in [0, 0.1) is 0 Å². The second-order valence-corrected chi connectivity index (χ2v) is 4.73. The van der Waals surface area contributed by atoms with Gasteiger partial charge in [0.25, 0.3) is 0 Å². The zero-order valence-electron chi connectivity index (χ0n) is 11.3. The highest BCUT2D eigenvalue weighted by molar-refractivity contribution is 5.88. The van der Waals surface area contributed by atoms with E-state index in [-0.39, 0.29) is 5.97 Å². The molecule has 0 bridgehead atoms. The lowest BCUT2D eigenvalue weighted by molar-refractivity contribution is 0.0519. The van der Waals surface area contributed by atoms with Crippen molar-refractivity contribution in [1.82, 2.24) is 10.2 Å². The summed E-state index contributed by atoms with van der Waals surface area (Å²) in [6.45, 7) is 2.12. The van der Waals surface area contributed by atoms with Gasteiger partial charge in [-0.3, -0.25) is 5.10 Å². The largest absolute Gasteiger partial charge is 0.490 e. The van der Waals surface area contributed by atoms with Crippen LogP contribution in [0.15, 0.2) is 30.3 Å². The van der Waals surface area contributed by atoms with Crippen LogP contribution in [-0.4, -0.2) is 28.9 Å². The molecule has 0 atom stereocenters. The summed E-state index contributed by atoms with van der Waals surface area (Å²) in [4.78, 5) is 11.6. The van der Waals surface area contributed by atoms with Crippen LogP contribution in [0.1, 0.15) is 30.3 Å². The van der Waals surface area contributed by atoms with Gasteiger partial charge in [0, 0.05) is 5.56 Å². The van der Waals surface area contributed by atoms with E-state index < -0.39 is 0 Å². The smallest absolute Gasteiger partial charge is 0.356 e. The molecule has 1 aliphatic carbocycles. The molecule has 1 saturated carbocycles. The molecule has 1 fully saturated rings. The van der Waals surface area contributed by atoms with E-state index in [4.69, 9.17) is 9.47 Å². The minimum Gasteiger partial charge on any atom is -0.490 e. The number of benzene rings is 1. The highest BCUT2D eigenvalue weighted by Gasteiger charge is 2.23. The van der Waals surface area contributed by atoms with Crippen LogP contribution in [0.5, 0.6) is 5.75 Å². The first kappa shape index (κ1) is 12.7. The van der Waals surface area contributed by atoms with Crippen molar-refractivity contribution in [2.24, 2.45) is 0 Å². The van der Waals surface area contributed by atoms with Gasteiger partial charge >= 0.3 is 5.97 Å². The molecule has 104 valence electrons. The standard InChI is InChI=1S/C15H16N2O3/c1-2-19-15(18)14-9-13(16-17-14)10-3-5-11(6-4-10)20-12-7-8-12/h3-6,9,12H,2,7-8H2,1H3,(H,16,17). The van der Waals surface area contributed by atoms with Crippen LogP contribution in [0.2, 0.25) is 0 Å². The van der Waals surface area contributed by atoms with E-state index in [0.717, 1.165) is 24.2 Å². The van der Waals surface area contributed by atoms with Crippen LogP contribution < -0.4 is 4.74 Å². The van der Waals surface area contributed by atoms with Gasteiger partial charge in [0.15, 0.2) is 0 Å². The van der Waals surface area contributed by atoms with Crippen LogP contribution in [-0.2, 0) is 4.74 Å². The molecule has 1 aromatic heterocycles. The summed E-state index contributed by atoms with van der Waals surface area (Å²) in [5.41, 5.74) is 2.01. The third kappa shape index (κ3) is 2.82. The monoisotopic (exact) mass is 272 g/mol. The molecule has 1 heterocycles. The summed E-state index contributed by atoms with van der Waals surface area (Å²) in [6, 6.07) is 9.40. The minimum absolute atomic E-state index is 0.348. The first-order valence-corrected chi connectivity index (χ1v) is 6.76. The fourth-order valence-electron chi connectivity index (χ4n) is 1.87. The second-order valence-electron chi connectivity index (χ2n) is 4.73. The summed E-state index contributed by atoms with van der Waals surface area (Å²) < 4.78 is 10.6. The highest BCUT2D eigenvalue weighted by Crippen LogP contribution is 2.28. The zero-order valence-corrected chi connectivity index (χ0v) is 11.3. The number of nitrogens with zero attached hydrogens (tertiary/aromatic N) is 1. The molecule has 5 heteroatoms. The molecular weight excluding hydrogens is 256 g/mol. The predicted molar refractivity (Wildman–Crippen MR) is 73.6 cm³/mol. The number of esters is 1. The minimum atomic E-state index is -0.389. The van der Waals surface area contributed by atoms with Crippen LogP contribution in [0.25, 0.3) is 11.3 Å². The van der Waals surface area contributed by atoms with Gasteiger partial charge in [0.05, 0.1) is 18.4 Å². The Hall–Kier alpha value is -2.30. The van der Waals surface area contributed by atoms with Crippen LogP contribution >= 0.6 is 0 Å². The van der Waals surface area contributed by atoms with Crippen molar-refractivity contribution in [2.45, 2.75) is 25.9 Å². The molecule has 0 radical (unpaired) electrons. The number of carbonyl (C=O) groups excluding carboxylic acids is 1. The van der Waals surface area contributed by atoms with E-state index in [1.807, 2.05) is 24.3 Å². The third-order valence-electron chi connectivity index (χ3n) is 3.05. The van der Waals surface area contributed by atoms with Gasteiger partial charge in [-0.25, -0.2) is 4.79 Å². The SMILES string of the molecule is CCOC(=O)c1cc(-c2ccc(OC3CC3)cc2)n[nH]1. The lowest BCUT2D eigenvalue weighted by Gasteiger charge is -2.04. The molecular formula is C15H16N2O3.